The Kier molecular flexibility index (Phi) is 5.35. The van der Waals surface area contributed by atoms with Gasteiger partial charge in [-0.3, -0.25) is 4.79 Å². The van der Waals surface area contributed by atoms with Crippen LogP contribution in [0.5, 0.6) is 0 Å². The number of aromatic carboxylic acids is 1. The maximum Gasteiger partial charge on any atom is 0.337 e. The SMILES string of the molecule is O=C(O)c1cc(NC(=O)[C@H]2C(c3cc(Cl)cc(Cl)c3)C2(Cl)Cl)ccc1Cl. The van der Waals surface area contributed by atoms with Gasteiger partial charge in [0.2, 0.25) is 5.91 Å². The lowest BCUT2D eigenvalue weighted by Gasteiger charge is -2.07. The Labute approximate surface area is 173 Å². The summed E-state index contributed by atoms with van der Waals surface area (Å²) in [4.78, 5) is 23.7. The summed E-state index contributed by atoms with van der Waals surface area (Å²) < 4.78 is -1.32. The number of alkyl halides is 2. The number of amides is 1. The number of carbonyl (C=O) groups excluding carboxylic acids is 1. The number of carbonyl (C=O) groups is 2. The maximum atomic E-state index is 12.6. The van der Waals surface area contributed by atoms with Crippen molar-refractivity contribution in [3.05, 3.63) is 62.6 Å². The lowest BCUT2D eigenvalue weighted by molar-refractivity contribution is -0.117. The van der Waals surface area contributed by atoms with Crippen molar-refractivity contribution < 1.29 is 14.7 Å². The number of carboxylic acid groups (broad SMARTS) is 1. The van der Waals surface area contributed by atoms with Gasteiger partial charge in [-0.15, -0.1) is 23.2 Å². The second kappa shape index (κ2) is 7.10. The number of hydrogen-bond acceptors (Lipinski definition) is 2. The van der Waals surface area contributed by atoms with Crippen LogP contribution in [-0.2, 0) is 4.79 Å². The second-order valence-electron chi connectivity index (χ2n) is 5.82. The molecule has 26 heavy (non-hydrogen) atoms. The van der Waals surface area contributed by atoms with Crippen molar-refractivity contribution in [1.82, 2.24) is 0 Å². The van der Waals surface area contributed by atoms with Crippen LogP contribution in [0, 0.1) is 5.92 Å². The number of halogens is 5. The van der Waals surface area contributed by atoms with Gasteiger partial charge < -0.3 is 10.4 Å². The van der Waals surface area contributed by atoms with Crippen molar-refractivity contribution in [2.75, 3.05) is 5.32 Å². The summed E-state index contributed by atoms with van der Waals surface area (Å²) in [6, 6.07) is 9.00. The number of carboxylic acids is 1. The summed E-state index contributed by atoms with van der Waals surface area (Å²) in [5, 5.41) is 12.6. The van der Waals surface area contributed by atoms with E-state index in [-0.39, 0.29) is 16.3 Å². The summed E-state index contributed by atoms with van der Waals surface area (Å²) in [7, 11) is 0. The highest BCUT2D eigenvalue weighted by Gasteiger charge is 2.67. The van der Waals surface area contributed by atoms with E-state index in [4.69, 9.17) is 63.1 Å². The van der Waals surface area contributed by atoms with Crippen LogP contribution >= 0.6 is 58.0 Å². The van der Waals surface area contributed by atoms with E-state index in [1.54, 1.807) is 18.2 Å². The normalized spacial score (nSPS) is 20.5. The molecule has 0 radical (unpaired) electrons. The van der Waals surface area contributed by atoms with Gasteiger partial charge in [-0.1, -0.05) is 34.8 Å². The number of hydrogen-bond donors (Lipinski definition) is 2. The van der Waals surface area contributed by atoms with Gasteiger partial charge in [-0.25, -0.2) is 4.79 Å². The van der Waals surface area contributed by atoms with E-state index in [1.807, 2.05) is 0 Å². The van der Waals surface area contributed by atoms with Crippen LogP contribution in [0.4, 0.5) is 5.69 Å². The molecular weight excluding hydrogens is 443 g/mol. The van der Waals surface area contributed by atoms with Crippen LogP contribution < -0.4 is 5.32 Å². The third-order valence-corrected chi connectivity index (χ3v) is 5.75. The van der Waals surface area contributed by atoms with Crippen molar-refractivity contribution in [1.29, 1.82) is 0 Å². The zero-order valence-electron chi connectivity index (χ0n) is 12.8. The van der Waals surface area contributed by atoms with Gasteiger partial charge in [-0.2, -0.15) is 0 Å². The van der Waals surface area contributed by atoms with E-state index in [0.717, 1.165) is 0 Å². The van der Waals surface area contributed by atoms with Crippen LogP contribution in [0.3, 0.4) is 0 Å². The number of benzene rings is 2. The highest BCUT2D eigenvalue weighted by atomic mass is 35.5. The largest absolute Gasteiger partial charge is 0.478 e. The summed E-state index contributed by atoms with van der Waals surface area (Å²) in [5.74, 6) is -2.89. The van der Waals surface area contributed by atoms with Crippen LogP contribution in [0.1, 0.15) is 21.8 Å². The van der Waals surface area contributed by atoms with Crippen molar-refractivity contribution in [3.63, 3.8) is 0 Å². The lowest BCUT2D eigenvalue weighted by Crippen LogP contribution is -2.17. The predicted molar refractivity (Wildman–Crippen MR) is 104 cm³/mol. The Morgan fingerprint density at radius 3 is 2.19 bits per heavy atom. The Hall–Kier alpha value is -1.17. The van der Waals surface area contributed by atoms with Crippen LogP contribution in [-0.4, -0.2) is 21.3 Å². The highest BCUT2D eigenvalue weighted by molar-refractivity contribution is 6.53. The summed E-state index contributed by atoms with van der Waals surface area (Å²) in [6.07, 6.45) is 0. The van der Waals surface area contributed by atoms with Crippen molar-refractivity contribution in [3.8, 4) is 0 Å². The molecule has 0 heterocycles. The zero-order valence-corrected chi connectivity index (χ0v) is 16.6. The van der Waals surface area contributed by atoms with E-state index in [9.17, 15) is 9.59 Å². The van der Waals surface area contributed by atoms with Crippen LogP contribution in [0.25, 0.3) is 0 Å². The fraction of sp³-hybridized carbons (Fsp3) is 0.176. The molecule has 1 aliphatic carbocycles. The zero-order chi connectivity index (χ0) is 19.2. The van der Waals surface area contributed by atoms with Gasteiger partial charge in [0, 0.05) is 21.7 Å². The first-order chi connectivity index (χ1) is 12.1. The molecule has 136 valence electrons. The summed E-state index contributed by atoms with van der Waals surface area (Å²) >= 11 is 30.4. The number of anilines is 1. The Morgan fingerprint density at radius 1 is 1.00 bits per heavy atom. The Bertz CT molecular complexity index is 895. The molecule has 1 unspecified atom stereocenters. The molecule has 0 spiro atoms. The molecule has 0 saturated heterocycles. The van der Waals surface area contributed by atoms with Gasteiger partial charge in [0.15, 0.2) is 0 Å². The second-order valence-corrected chi connectivity index (χ2v) is 8.55. The van der Waals surface area contributed by atoms with Gasteiger partial charge in [-0.05, 0) is 42.0 Å². The van der Waals surface area contributed by atoms with Crippen molar-refractivity contribution in [2.24, 2.45) is 5.92 Å². The molecule has 1 aliphatic rings. The third-order valence-electron chi connectivity index (χ3n) is 4.04. The van der Waals surface area contributed by atoms with Crippen LogP contribution in [0.2, 0.25) is 15.1 Å². The van der Waals surface area contributed by atoms with E-state index < -0.39 is 28.0 Å². The quantitative estimate of drug-likeness (QED) is 0.569. The number of nitrogens with one attached hydrogen (secondary N) is 1. The molecule has 0 bridgehead atoms. The van der Waals surface area contributed by atoms with Gasteiger partial charge in [0.25, 0.3) is 0 Å². The fourth-order valence-corrected chi connectivity index (χ4v) is 4.38. The summed E-state index contributed by atoms with van der Waals surface area (Å²) in [5.41, 5.74) is 0.798. The minimum absolute atomic E-state index is 0.0670. The van der Waals surface area contributed by atoms with Crippen molar-refractivity contribution >= 4 is 75.6 Å². The molecular formula is C17H10Cl5NO3. The third kappa shape index (κ3) is 3.75. The Morgan fingerprint density at radius 2 is 1.62 bits per heavy atom. The van der Waals surface area contributed by atoms with E-state index in [1.165, 1.54) is 18.2 Å². The highest BCUT2D eigenvalue weighted by Crippen LogP contribution is 2.65. The smallest absolute Gasteiger partial charge is 0.337 e. The van der Waals surface area contributed by atoms with E-state index >= 15 is 0 Å². The topological polar surface area (TPSA) is 66.4 Å². The molecule has 1 fully saturated rings. The fourth-order valence-electron chi connectivity index (χ4n) is 2.81. The molecule has 0 aromatic heterocycles. The molecule has 1 saturated carbocycles. The average Bonchev–Trinajstić information content (AvgIpc) is 3.10. The molecule has 4 nitrogen and oxygen atoms in total. The van der Waals surface area contributed by atoms with Gasteiger partial charge in [0.05, 0.1) is 16.5 Å². The molecule has 0 aliphatic heterocycles. The first kappa shape index (κ1) is 19.6. The van der Waals surface area contributed by atoms with E-state index in [0.29, 0.717) is 15.6 Å². The first-order valence-electron chi connectivity index (χ1n) is 7.28. The molecule has 2 aromatic carbocycles. The maximum absolute atomic E-state index is 12.6. The molecule has 2 atom stereocenters. The summed E-state index contributed by atoms with van der Waals surface area (Å²) in [6.45, 7) is 0. The standard InChI is InChI=1S/C17H10Cl5NO3/c18-8-3-7(4-9(19)5-8)13-14(17(13,21)22)15(24)23-10-1-2-12(20)11(6-10)16(25)26/h1-6,13-14H,(H,23,24)(H,25,26)/t13?,14-/m1/s1. The molecule has 3 rings (SSSR count). The van der Waals surface area contributed by atoms with Crippen LogP contribution in [0.15, 0.2) is 36.4 Å². The monoisotopic (exact) mass is 451 g/mol. The Balaban J connectivity index is 1.82. The lowest BCUT2D eigenvalue weighted by atomic mass is 10.1. The van der Waals surface area contributed by atoms with Gasteiger partial charge >= 0.3 is 5.97 Å². The van der Waals surface area contributed by atoms with Gasteiger partial charge in [0.1, 0.15) is 4.33 Å². The first-order valence-corrected chi connectivity index (χ1v) is 9.17. The van der Waals surface area contributed by atoms with Crippen molar-refractivity contribution in [2.45, 2.75) is 10.3 Å². The minimum Gasteiger partial charge on any atom is -0.478 e. The van der Waals surface area contributed by atoms with E-state index in [2.05, 4.69) is 5.32 Å². The molecule has 2 aromatic rings. The molecule has 1 amide bonds. The molecule has 9 heteroatoms. The number of rotatable bonds is 4. The average molecular weight is 454 g/mol. The molecule has 2 N–H and O–H groups in total. The minimum atomic E-state index is -1.32. The predicted octanol–water partition coefficient (Wildman–Crippen LogP) is 5.87.